The normalized spacial score (nSPS) is 16.2. The molecule has 168 valence electrons. The molecule has 0 aliphatic carbocycles. The molecule has 0 aromatic heterocycles. The summed E-state index contributed by atoms with van der Waals surface area (Å²) in [6, 6.07) is 17.7. The van der Waals surface area contributed by atoms with Gasteiger partial charge in [-0.25, -0.2) is 4.39 Å². The van der Waals surface area contributed by atoms with Gasteiger partial charge >= 0.3 is 0 Å². The van der Waals surface area contributed by atoms with Crippen LogP contribution in [-0.2, 0) is 13.0 Å². The highest BCUT2D eigenvalue weighted by atomic mass is 19.1. The lowest BCUT2D eigenvalue weighted by atomic mass is 10.0. The summed E-state index contributed by atoms with van der Waals surface area (Å²) in [5.74, 6) is 2.02. The maximum Gasteiger partial charge on any atom is 0.231 e. The number of ether oxygens (including phenoxy) is 3. The molecule has 0 saturated carbocycles. The number of carbonyl (C=O) groups excluding carboxylic acids is 1. The minimum absolute atomic E-state index is 0.134. The van der Waals surface area contributed by atoms with Gasteiger partial charge in [0.2, 0.25) is 5.78 Å². The molecule has 6 heteroatoms. The third-order valence-corrected chi connectivity index (χ3v) is 5.80. The van der Waals surface area contributed by atoms with Gasteiger partial charge in [0.05, 0.1) is 17.7 Å². The van der Waals surface area contributed by atoms with Crippen molar-refractivity contribution in [1.29, 1.82) is 0 Å². The fraction of sp³-hybridized carbons (Fsp3) is 0.222. The Morgan fingerprint density at radius 1 is 1.06 bits per heavy atom. The Balaban J connectivity index is 1.32. The molecule has 0 amide bonds. The summed E-state index contributed by atoms with van der Waals surface area (Å²) in [5.41, 5.74) is 3.35. The molecule has 3 aromatic carbocycles. The predicted octanol–water partition coefficient (Wildman–Crippen LogP) is 5.24. The molecule has 2 aliphatic rings. The minimum atomic E-state index is -0.236. The zero-order valence-electron chi connectivity index (χ0n) is 18.3. The van der Waals surface area contributed by atoms with Crippen molar-refractivity contribution < 1.29 is 23.4 Å². The molecule has 2 aliphatic heterocycles. The molecule has 0 fully saturated rings. The van der Waals surface area contributed by atoms with Crippen molar-refractivity contribution in [3.05, 3.63) is 94.5 Å². The predicted molar refractivity (Wildman–Crippen MR) is 123 cm³/mol. The number of fused-ring (bicyclic) bond motifs is 3. The van der Waals surface area contributed by atoms with E-state index in [1.807, 2.05) is 37.3 Å². The van der Waals surface area contributed by atoms with Crippen LogP contribution in [0.5, 0.6) is 17.2 Å². The number of rotatable bonds is 6. The number of allylic oxidation sites excluding steroid dienone is 1. The molecular weight excluding hydrogens is 421 g/mol. The van der Waals surface area contributed by atoms with Crippen molar-refractivity contribution in [2.45, 2.75) is 19.9 Å². The molecule has 3 aromatic rings. The quantitative estimate of drug-likeness (QED) is 0.486. The minimum Gasteiger partial charge on any atom is -0.494 e. The Bertz CT molecular complexity index is 1200. The van der Waals surface area contributed by atoms with E-state index in [1.54, 1.807) is 24.3 Å². The van der Waals surface area contributed by atoms with Crippen molar-refractivity contribution in [2.75, 3.05) is 19.9 Å². The summed E-state index contributed by atoms with van der Waals surface area (Å²) in [6.45, 7) is 4.36. The summed E-state index contributed by atoms with van der Waals surface area (Å²) >= 11 is 0. The number of hydrogen-bond acceptors (Lipinski definition) is 5. The van der Waals surface area contributed by atoms with Crippen LogP contribution in [0.25, 0.3) is 6.08 Å². The van der Waals surface area contributed by atoms with E-state index in [9.17, 15) is 9.18 Å². The average Bonchev–Trinajstić information content (AvgIpc) is 3.15. The topological polar surface area (TPSA) is 48.0 Å². The number of carbonyl (C=O) groups is 1. The SMILES string of the molecule is CCOc1ccc(/C=C2\Oc3c(ccc4c3CN(CCc3ccc(F)cc3)CO4)C2=O)cc1. The standard InChI is InChI=1S/C27H24FNO4/c1-2-31-21-9-5-19(6-10-21)15-25-26(30)22-11-12-24-23(27(22)33-25)16-29(17-32-24)14-13-18-3-7-20(28)8-4-18/h3-12,15H,2,13-14,16-17H2,1H3/b25-15-. The van der Waals surface area contributed by atoms with Crippen LogP contribution in [-0.4, -0.2) is 30.6 Å². The van der Waals surface area contributed by atoms with Crippen LogP contribution in [0.4, 0.5) is 4.39 Å². The number of hydrogen-bond donors (Lipinski definition) is 0. The summed E-state index contributed by atoms with van der Waals surface area (Å²) < 4.78 is 30.6. The first-order chi connectivity index (χ1) is 16.1. The van der Waals surface area contributed by atoms with Gasteiger partial charge in [0.25, 0.3) is 0 Å². The molecule has 0 radical (unpaired) electrons. The lowest BCUT2D eigenvalue weighted by Crippen LogP contribution is -2.33. The van der Waals surface area contributed by atoms with Crippen molar-refractivity contribution in [2.24, 2.45) is 0 Å². The maximum absolute atomic E-state index is 13.1. The molecule has 0 spiro atoms. The number of benzene rings is 3. The van der Waals surface area contributed by atoms with E-state index in [-0.39, 0.29) is 11.6 Å². The molecule has 0 atom stereocenters. The third kappa shape index (κ3) is 4.47. The number of ketones is 1. The second kappa shape index (κ2) is 9.08. The first-order valence-corrected chi connectivity index (χ1v) is 11.0. The van der Waals surface area contributed by atoms with Crippen LogP contribution in [0.3, 0.4) is 0 Å². The van der Waals surface area contributed by atoms with E-state index in [4.69, 9.17) is 14.2 Å². The lowest BCUT2D eigenvalue weighted by molar-refractivity contribution is 0.0949. The fourth-order valence-corrected chi connectivity index (χ4v) is 4.06. The Labute approximate surface area is 192 Å². The highest BCUT2D eigenvalue weighted by Crippen LogP contribution is 2.42. The highest BCUT2D eigenvalue weighted by Gasteiger charge is 2.33. The van der Waals surface area contributed by atoms with Crippen molar-refractivity contribution in [1.82, 2.24) is 4.90 Å². The third-order valence-electron chi connectivity index (χ3n) is 5.80. The first-order valence-electron chi connectivity index (χ1n) is 11.0. The highest BCUT2D eigenvalue weighted by molar-refractivity contribution is 6.15. The number of halogens is 1. The molecule has 0 saturated heterocycles. The van der Waals surface area contributed by atoms with E-state index < -0.39 is 0 Å². The fourth-order valence-electron chi connectivity index (χ4n) is 4.06. The van der Waals surface area contributed by atoms with Crippen molar-refractivity contribution in [3.8, 4) is 17.2 Å². The largest absolute Gasteiger partial charge is 0.494 e. The van der Waals surface area contributed by atoms with Crippen LogP contribution in [0.2, 0.25) is 0 Å². The van der Waals surface area contributed by atoms with Gasteiger partial charge < -0.3 is 14.2 Å². The smallest absolute Gasteiger partial charge is 0.231 e. The number of nitrogens with zero attached hydrogens (tertiary/aromatic N) is 1. The van der Waals surface area contributed by atoms with E-state index >= 15 is 0 Å². The van der Waals surface area contributed by atoms with Crippen LogP contribution in [0.15, 0.2) is 66.4 Å². The molecule has 2 heterocycles. The Morgan fingerprint density at radius 3 is 2.61 bits per heavy atom. The molecule has 5 nitrogen and oxygen atoms in total. The molecule has 33 heavy (non-hydrogen) atoms. The van der Waals surface area contributed by atoms with E-state index in [1.165, 1.54) is 12.1 Å². The van der Waals surface area contributed by atoms with Gasteiger partial charge in [-0.2, -0.15) is 0 Å². The summed E-state index contributed by atoms with van der Waals surface area (Å²) in [5, 5.41) is 0. The number of Topliss-reactive ketones (excluding diaryl/α,β-unsaturated/α-hetero) is 1. The zero-order valence-corrected chi connectivity index (χ0v) is 18.3. The summed E-state index contributed by atoms with van der Waals surface area (Å²) in [6.07, 6.45) is 2.52. The van der Waals surface area contributed by atoms with Crippen LogP contribution in [0, 0.1) is 5.82 Å². The van der Waals surface area contributed by atoms with Crippen LogP contribution < -0.4 is 14.2 Å². The molecule has 5 rings (SSSR count). The molecule has 0 unspecified atom stereocenters. The van der Waals surface area contributed by atoms with Gasteiger partial charge in [-0.3, -0.25) is 9.69 Å². The van der Waals surface area contributed by atoms with E-state index in [2.05, 4.69) is 4.90 Å². The maximum atomic E-state index is 13.1. The second-order valence-electron chi connectivity index (χ2n) is 8.06. The van der Waals surface area contributed by atoms with Crippen molar-refractivity contribution in [3.63, 3.8) is 0 Å². The molecule has 0 N–H and O–H groups in total. The first kappa shape index (κ1) is 21.2. The van der Waals surface area contributed by atoms with E-state index in [0.717, 1.165) is 41.2 Å². The second-order valence-corrected chi connectivity index (χ2v) is 8.06. The monoisotopic (exact) mass is 445 g/mol. The van der Waals surface area contributed by atoms with Gasteiger partial charge in [-0.05, 0) is 66.9 Å². The van der Waals surface area contributed by atoms with Crippen LogP contribution >= 0.6 is 0 Å². The van der Waals surface area contributed by atoms with Crippen molar-refractivity contribution >= 4 is 11.9 Å². The van der Waals surface area contributed by atoms with E-state index in [0.29, 0.717) is 37.0 Å². The lowest BCUT2D eigenvalue weighted by Gasteiger charge is -2.29. The summed E-state index contributed by atoms with van der Waals surface area (Å²) in [7, 11) is 0. The van der Waals surface area contributed by atoms with Gasteiger partial charge in [-0.1, -0.05) is 24.3 Å². The Hall–Kier alpha value is -3.64. The van der Waals surface area contributed by atoms with Gasteiger partial charge in [-0.15, -0.1) is 0 Å². The zero-order chi connectivity index (χ0) is 22.8. The van der Waals surface area contributed by atoms with Gasteiger partial charge in [0, 0.05) is 13.1 Å². The Kier molecular flexibility index (Phi) is 5.84. The summed E-state index contributed by atoms with van der Waals surface area (Å²) in [4.78, 5) is 15.1. The average molecular weight is 445 g/mol. The van der Waals surface area contributed by atoms with Gasteiger partial charge in [0.15, 0.2) is 5.76 Å². The van der Waals surface area contributed by atoms with Gasteiger partial charge in [0.1, 0.15) is 29.8 Å². The molecular formula is C27H24FNO4. The molecule has 0 bridgehead atoms. The van der Waals surface area contributed by atoms with Crippen LogP contribution in [0.1, 0.15) is 34.0 Å². The Morgan fingerprint density at radius 2 is 1.85 bits per heavy atom.